The van der Waals surface area contributed by atoms with Crippen molar-refractivity contribution < 1.29 is 28.2 Å². The number of carboxylic acid groups (broad SMARTS) is 1. The van der Waals surface area contributed by atoms with Crippen molar-refractivity contribution in [2.75, 3.05) is 26.2 Å². The van der Waals surface area contributed by atoms with Crippen molar-refractivity contribution in [1.29, 1.82) is 0 Å². The quantitative estimate of drug-likeness (QED) is 0.816. The smallest absolute Gasteiger partial charge is 0.407 e. The predicted molar refractivity (Wildman–Crippen MR) is 104 cm³/mol. The van der Waals surface area contributed by atoms with Gasteiger partial charge in [0.05, 0.1) is 12.6 Å². The van der Waals surface area contributed by atoms with E-state index in [9.17, 15) is 23.5 Å². The minimum atomic E-state index is -1.05. The molecule has 1 N–H and O–H groups in total. The number of benzene rings is 2. The Hall–Kier alpha value is -3.00. The van der Waals surface area contributed by atoms with Crippen molar-refractivity contribution in [2.45, 2.75) is 25.0 Å². The number of rotatable bonds is 2. The van der Waals surface area contributed by atoms with Gasteiger partial charge in [0.25, 0.3) is 5.91 Å². The van der Waals surface area contributed by atoms with Gasteiger partial charge in [-0.15, -0.1) is 0 Å². The lowest BCUT2D eigenvalue weighted by atomic mass is 9.87. The van der Waals surface area contributed by atoms with Crippen LogP contribution in [-0.4, -0.2) is 59.3 Å². The molecule has 2 heterocycles. The zero-order valence-corrected chi connectivity index (χ0v) is 16.3. The van der Waals surface area contributed by atoms with Crippen LogP contribution < -0.4 is 0 Å². The van der Waals surface area contributed by atoms with Gasteiger partial charge in [-0.05, 0) is 23.6 Å². The highest BCUT2D eigenvalue weighted by Crippen LogP contribution is 2.37. The van der Waals surface area contributed by atoms with Crippen LogP contribution in [0.4, 0.5) is 13.6 Å². The second kappa shape index (κ2) is 8.39. The van der Waals surface area contributed by atoms with Gasteiger partial charge in [0.1, 0.15) is 17.7 Å². The van der Waals surface area contributed by atoms with Gasteiger partial charge in [-0.3, -0.25) is 4.79 Å². The Bertz CT molecular complexity index is 968. The van der Waals surface area contributed by atoms with Gasteiger partial charge < -0.3 is 19.6 Å². The largest absolute Gasteiger partial charge is 0.465 e. The van der Waals surface area contributed by atoms with Gasteiger partial charge in [0.15, 0.2) is 0 Å². The highest BCUT2D eigenvalue weighted by molar-refractivity contribution is 5.82. The summed E-state index contributed by atoms with van der Waals surface area (Å²) in [5, 5.41) is 9.19. The summed E-state index contributed by atoms with van der Waals surface area (Å²) in [6.07, 6.45) is -1.03. The topological polar surface area (TPSA) is 70.1 Å². The molecule has 2 aromatic rings. The highest BCUT2D eigenvalue weighted by atomic mass is 19.1. The summed E-state index contributed by atoms with van der Waals surface area (Å²) in [5.41, 5.74) is 2.02. The van der Waals surface area contributed by atoms with Crippen LogP contribution in [0.3, 0.4) is 0 Å². The lowest BCUT2D eigenvalue weighted by Gasteiger charge is -2.39. The molecule has 2 amide bonds. The highest BCUT2D eigenvalue weighted by Gasteiger charge is 2.37. The van der Waals surface area contributed by atoms with Crippen molar-refractivity contribution >= 4 is 12.0 Å². The molecule has 4 rings (SSSR count). The first-order chi connectivity index (χ1) is 14.5. The molecule has 0 saturated carbocycles. The van der Waals surface area contributed by atoms with E-state index in [0.717, 1.165) is 17.2 Å². The van der Waals surface area contributed by atoms with E-state index in [-0.39, 0.29) is 37.6 Å². The molecule has 0 bridgehead atoms. The van der Waals surface area contributed by atoms with Crippen molar-refractivity contribution in [3.63, 3.8) is 0 Å². The molecule has 6 nitrogen and oxygen atoms in total. The van der Waals surface area contributed by atoms with Crippen LogP contribution in [-0.2, 0) is 16.0 Å². The molecule has 1 fully saturated rings. The average molecular weight is 416 g/mol. The van der Waals surface area contributed by atoms with Gasteiger partial charge in [0, 0.05) is 37.7 Å². The Labute approximate surface area is 172 Å². The Morgan fingerprint density at radius 3 is 2.60 bits per heavy atom. The Kier molecular flexibility index (Phi) is 5.67. The molecule has 2 aliphatic heterocycles. The number of ether oxygens (including phenoxy) is 1. The zero-order valence-electron chi connectivity index (χ0n) is 16.3. The van der Waals surface area contributed by atoms with Crippen LogP contribution in [0.1, 0.15) is 29.2 Å². The molecule has 2 aliphatic rings. The summed E-state index contributed by atoms with van der Waals surface area (Å²) in [5.74, 6) is -1.71. The van der Waals surface area contributed by atoms with Crippen LogP contribution >= 0.6 is 0 Å². The monoisotopic (exact) mass is 416 g/mol. The fraction of sp³-hybridized carbons (Fsp3) is 0.364. The van der Waals surface area contributed by atoms with Crippen LogP contribution in [0.2, 0.25) is 0 Å². The van der Waals surface area contributed by atoms with E-state index in [4.69, 9.17) is 4.74 Å². The number of nitrogens with zero attached hydrogens (tertiary/aromatic N) is 2. The molecule has 1 saturated heterocycles. The minimum absolute atomic E-state index is 0.114. The van der Waals surface area contributed by atoms with Crippen molar-refractivity contribution in [2.24, 2.45) is 0 Å². The molecular weight excluding hydrogens is 394 g/mol. The Balaban J connectivity index is 1.67. The van der Waals surface area contributed by atoms with Gasteiger partial charge >= 0.3 is 6.09 Å². The van der Waals surface area contributed by atoms with Gasteiger partial charge in [-0.25, -0.2) is 13.6 Å². The first kappa shape index (κ1) is 20.3. The van der Waals surface area contributed by atoms with E-state index >= 15 is 0 Å². The number of halogens is 2. The third-order valence-electron chi connectivity index (χ3n) is 5.71. The standard InChI is InChI=1S/C22H22F2N2O4/c23-15-5-6-17(18(24)13-15)20-16-4-2-1-3-14(16)7-10-26(20)21(27)19-8-9-25(22(28)29)11-12-30-19/h1-6,13,19-20H,7-12H2,(H,28,29)/t19-,20-/m1/s1. The fourth-order valence-corrected chi connectivity index (χ4v) is 4.21. The summed E-state index contributed by atoms with van der Waals surface area (Å²) in [6.45, 7) is 0.853. The molecule has 0 radical (unpaired) electrons. The number of hydrogen-bond acceptors (Lipinski definition) is 3. The second-order valence-electron chi connectivity index (χ2n) is 7.47. The van der Waals surface area contributed by atoms with Crippen LogP contribution in [0.25, 0.3) is 0 Å². The third-order valence-corrected chi connectivity index (χ3v) is 5.71. The van der Waals surface area contributed by atoms with Crippen molar-refractivity contribution in [3.8, 4) is 0 Å². The average Bonchev–Trinajstić information content (AvgIpc) is 2.99. The van der Waals surface area contributed by atoms with Gasteiger partial charge in [0.2, 0.25) is 0 Å². The number of carbonyl (C=O) groups is 2. The summed E-state index contributed by atoms with van der Waals surface area (Å²) in [7, 11) is 0. The molecule has 2 atom stereocenters. The maximum Gasteiger partial charge on any atom is 0.407 e. The fourth-order valence-electron chi connectivity index (χ4n) is 4.21. The third kappa shape index (κ3) is 3.87. The molecule has 158 valence electrons. The van der Waals surface area contributed by atoms with Crippen molar-refractivity contribution in [1.82, 2.24) is 9.80 Å². The number of amides is 2. The summed E-state index contributed by atoms with van der Waals surface area (Å²) in [6, 6.07) is 10.2. The molecule has 0 aromatic heterocycles. The summed E-state index contributed by atoms with van der Waals surface area (Å²) >= 11 is 0. The van der Waals surface area contributed by atoms with Gasteiger partial charge in [-0.2, -0.15) is 0 Å². The molecule has 30 heavy (non-hydrogen) atoms. The zero-order chi connectivity index (χ0) is 21.3. The molecular formula is C22H22F2N2O4. The molecule has 0 spiro atoms. The number of fused-ring (bicyclic) bond motifs is 1. The van der Waals surface area contributed by atoms with E-state index in [1.54, 1.807) is 4.90 Å². The van der Waals surface area contributed by atoms with Crippen LogP contribution in [0.15, 0.2) is 42.5 Å². The SMILES string of the molecule is O=C(O)N1CCO[C@@H](C(=O)N2CCc3ccccc3[C@@H]2c2ccc(F)cc2F)CC1. The second-order valence-corrected chi connectivity index (χ2v) is 7.47. The Morgan fingerprint density at radius 2 is 1.83 bits per heavy atom. The lowest BCUT2D eigenvalue weighted by molar-refractivity contribution is -0.145. The van der Waals surface area contributed by atoms with E-state index in [1.807, 2.05) is 24.3 Å². The maximum absolute atomic E-state index is 14.7. The van der Waals surface area contributed by atoms with Crippen LogP contribution in [0.5, 0.6) is 0 Å². The summed E-state index contributed by atoms with van der Waals surface area (Å²) < 4.78 is 33.9. The molecule has 2 aromatic carbocycles. The van der Waals surface area contributed by atoms with E-state index < -0.39 is 29.9 Å². The van der Waals surface area contributed by atoms with Crippen molar-refractivity contribution in [3.05, 3.63) is 70.8 Å². The maximum atomic E-state index is 14.7. The Morgan fingerprint density at radius 1 is 1.03 bits per heavy atom. The van der Waals surface area contributed by atoms with E-state index in [1.165, 1.54) is 17.0 Å². The predicted octanol–water partition coefficient (Wildman–Crippen LogP) is 3.21. The number of hydrogen-bond donors (Lipinski definition) is 1. The van der Waals surface area contributed by atoms with E-state index in [2.05, 4.69) is 0 Å². The first-order valence-corrected chi connectivity index (χ1v) is 9.88. The molecule has 8 heteroatoms. The van der Waals surface area contributed by atoms with Gasteiger partial charge in [-0.1, -0.05) is 30.3 Å². The lowest BCUT2D eigenvalue weighted by Crippen LogP contribution is -2.46. The molecule has 0 unspecified atom stereocenters. The van der Waals surface area contributed by atoms with Crippen LogP contribution in [0, 0.1) is 11.6 Å². The van der Waals surface area contributed by atoms with E-state index in [0.29, 0.717) is 13.0 Å². The number of carbonyl (C=O) groups excluding carboxylic acids is 1. The minimum Gasteiger partial charge on any atom is -0.465 e. The first-order valence-electron chi connectivity index (χ1n) is 9.88. The normalized spacial score (nSPS) is 21.7. The molecule has 0 aliphatic carbocycles. The summed E-state index contributed by atoms with van der Waals surface area (Å²) in [4.78, 5) is 27.4.